The number of esters is 1. The highest BCUT2D eigenvalue weighted by molar-refractivity contribution is 6.26. The number of carbonyl (C=O) groups excluding carboxylic acids is 2. The molecule has 3 heterocycles. The molecule has 1 aromatic heterocycles. The minimum atomic E-state index is -0.695. The number of fused-ring (bicyclic) bond motifs is 1. The van der Waals surface area contributed by atoms with Crippen LogP contribution in [0.2, 0.25) is 0 Å². The molecule has 4 rings (SSSR count). The molecule has 156 valence electrons. The number of nitrogens with zero attached hydrogens (tertiary/aromatic N) is 3. The summed E-state index contributed by atoms with van der Waals surface area (Å²) >= 11 is 0. The molecular formula is C23H24FN3O3. The van der Waals surface area contributed by atoms with Crippen LogP contribution < -0.4 is 9.80 Å². The molecule has 0 aliphatic carbocycles. The van der Waals surface area contributed by atoms with Crippen LogP contribution in [-0.2, 0) is 16.1 Å². The first-order valence-corrected chi connectivity index (χ1v) is 10.2. The number of halogens is 1. The maximum absolute atomic E-state index is 15.0. The van der Waals surface area contributed by atoms with E-state index in [9.17, 15) is 14.0 Å². The van der Waals surface area contributed by atoms with Crippen LogP contribution in [0.25, 0.3) is 0 Å². The van der Waals surface area contributed by atoms with E-state index in [0.29, 0.717) is 18.9 Å². The lowest BCUT2D eigenvalue weighted by atomic mass is 10.0. The highest BCUT2D eigenvalue weighted by atomic mass is 19.1. The number of ketones is 1. The number of rotatable bonds is 5. The Morgan fingerprint density at radius 3 is 2.60 bits per heavy atom. The maximum atomic E-state index is 15.0. The van der Waals surface area contributed by atoms with Gasteiger partial charge in [0.1, 0.15) is 11.4 Å². The van der Waals surface area contributed by atoms with Gasteiger partial charge in [0.15, 0.2) is 11.6 Å². The molecule has 6 nitrogen and oxygen atoms in total. The van der Waals surface area contributed by atoms with Crippen LogP contribution in [0.15, 0.2) is 48.0 Å². The maximum Gasteiger partial charge on any atom is 0.341 e. The third-order valence-electron chi connectivity index (χ3n) is 5.36. The van der Waals surface area contributed by atoms with E-state index in [1.54, 1.807) is 13.0 Å². The Hall–Kier alpha value is -3.22. The molecule has 2 aromatic rings. The molecule has 0 atom stereocenters. The highest BCUT2D eigenvalue weighted by Crippen LogP contribution is 2.32. The van der Waals surface area contributed by atoms with Gasteiger partial charge in [0, 0.05) is 26.2 Å². The van der Waals surface area contributed by atoms with Gasteiger partial charge >= 0.3 is 5.97 Å². The van der Waals surface area contributed by atoms with Gasteiger partial charge in [0.05, 0.1) is 12.2 Å². The fourth-order valence-electron chi connectivity index (χ4n) is 3.88. The third kappa shape index (κ3) is 3.92. The Kier molecular flexibility index (Phi) is 5.79. The molecule has 0 radical (unpaired) electrons. The van der Waals surface area contributed by atoms with E-state index in [1.165, 1.54) is 6.07 Å². The number of carbonyl (C=O) groups is 2. The summed E-state index contributed by atoms with van der Waals surface area (Å²) in [6.45, 7) is 4.08. The van der Waals surface area contributed by atoms with Gasteiger partial charge < -0.3 is 14.5 Å². The van der Waals surface area contributed by atoms with E-state index in [2.05, 4.69) is 4.98 Å². The molecule has 0 N–H and O–H groups in total. The first-order chi connectivity index (χ1) is 14.6. The van der Waals surface area contributed by atoms with Crippen molar-refractivity contribution in [1.82, 2.24) is 4.98 Å². The van der Waals surface area contributed by atoms with E-state index >= 15 is 0 Å². The zero-order chi connectivity index (χ0) is 21.1. The van der Waals surface area contributed by atoms with Crippen molar-refractivity contribution in [3.05, 3.63) is 65.0 Å². The molecule has 0 amide bonds. The van der Waals surface area contributed by atoms with E-state index in [1.807, 2.05) is 40.1 Å². The summed E-state index contributed by atoms with van der Waals surface area (Å²) in [5.74, 6) is -1.15. The van der Waals surface area contributed by atoms with Gasteiger partial charge in [-0.2, -0.15) is 0 Å². The molecule has 2 aliphatic heterocycles. The normalized spacial score (nSPS) is 16.2. The zero-order valence-electron chi connectivity index (χ0n) is 16.9. The highest BCUT2D eigenvalue weighted by Gasteiger charge is 2.32. The van der Waals surface area contributed by atoms with Crippen molar-refractivity contribution in [3.8, 4) is 0 Å². The summed E-state index contributed by atoms with van der Waals surface area (Å²) in [6, 6.07) is 11.0. The SMILES string of the molecule is CCOC(=O)C1=CCN(Cc2ccccc2)c2nc(N3CCCC3)c(F)cc2C1=O. The summed E-state index contributed by atoms with van der Waals surface area (Å²) in [4.78, 5) is 33.9. The van der Waals surface area contributed by atoms with Crippen LogP contribution >= 0.6 is 0 Å². The average molecular weight is 409 g/mol. The van der Waals surface area contributed by atoms with Gasteiger partial charge in [-0.3, -0.25) is 4.79 Å². The summed E-state index contributed by atoms with van der Waals surface area (Å²) in [5, 5.41) is 0. The molecule has 0 bridgehead atoms. The Bertz CT molecular complexity index is 985. The van der Waals surface area contributed by atoms with Crippen LogP contribution in [0, 0.1) is 5.82 Å². The molecule has 0 saturated carbocycles. The number of ether oxygens (including phenoxy) is 1. The van der Waals surface area contributed by atoms with Crippen molar-refractivity contribution in [3.63, 3.8) is 0 Å². The van der Waals surface area contributed by atoms with Gasteiger partial charge in [-0.25, -0.2) is 14.2 Å². The van der Waals surface area contributed by atoms with E-state index in [4.69, 9.17) is 4.74 Å². The minimum absolute atomic E-state index is 0.0798. The summed E-state index contributed by atoms with van der Waals surface area (Å²) < 4.78 is 20.0. The lowest BCUT2D eigenvalue weighted by Gasteiger charge is -2.26. The summed E-state index contributed by atoms with van der Waals surface area (Å²) in [5.41, 5.74) is 1.03. The van der Waals surface area contributed by atoms with Crippen molar-refractivity contribution < 1.29 is 18.7 Å². The number of aromatic nitrogens is 1. The largest absolute Gasteiger partial charge is 0.462 e. The Labute approximate surface area is 175 Å². The van der Waals surface area contributed by atoms with Crippen LogP contribution in [0.4, 0.5) is 16.0 Å². The molecule has 1 saturated heterocycles. The molecule has 1 fully saturated rings. The van der Waals surface area contributed by atoms with E-state index in [-0.39, 0.29) is 23.6 Å². The topological polar surface area (TPSA) is 62.7 Å². The molecule has 7 heteroatoms. The second-order valence-corrected chi connectivity index (χ2v) is 7.39. The van der Waals surface area contributed by atoms with Gasteiger partial charge in [-0.05, 0) is 37.5 Å². The van der Waals surface area contributed by atoms with Crippen molar-refractivity contribution in [2.24, 2.45) is 0 Å². The molecule has 0 spiro atoms. The van der Waals surface area contributed by atoms with Crippen molar-refractivity contribution in [1.29, 1.82) is 0 Å². The predicted molar refractivity (Wildman–Crippen MR) is 112 cm³/mol. The van der Waals surface area contributed by atoms with Crippen LogP contribution in [0.1, 0.15) is 35.7 Å². The standard InChI is InChI=1S/C23H24FN3O3/c1-2-30-23(29)17-10-13-27(15-16-8-4-3-5-9-16)21-18(20(17)28)14-19(24)22(25-21)26-11-6-7-12-26/h3-5,8-10,14H,2,6-7,11-13,15H2,1H3. The van der Waals surface area contributed by atoms with Crippen molar-refractivity contribution in [2.75, 3.05) is 36.0 Å². The number of benzene rings is 1. The van der Waals surface area contributed by atoms with Crippen LogP contribution in [0.3, 0.4) is 0 Å². The lowest BCUT2D eigenvalue weighted by Crippen LogP contribution is -2.27. The lowest BCUT2D eigenvalue weighted by molar-refractivity contribution is -0.138. The third-order valence-corrected chi connectivity index (χ3v) is 5.36. The Morgan fingerprint density at radius 2 is 1.90 bits per heavy atom. The van der Waals surface area contributed by atoms with Gasteiger partial charge in [-0.15, -0.1) is 0 Å². The number of anilines is 2. The number of pyridine rings is 1. The zero-order valence-corrected chi connectivity index (χ0v) is 16.9. The second kappa shape index (κ2) is 8.65. The minimum Gasteiger partial charge on any atom is -0.462 e. The van der Waals surface area contributed by atoms with Gasteiger partial charge in [0.25, 0.3) is 0 Å². The van der Waals surface area contributed by atoms with E-state index in [0.717, 1.165) is 31.5 Å². The van der Waals surface area contributed by atoms with Crippen molar-refractivity contribution in [2.45, 2.75) is 26.3 Å². The molecular weight excluding hydrogens is 385 g/mol. The quantitative estimate of drug-likeness (QED) is 0.556. The first kappa shape index (κ1) is 20.1. The van der Waals surface area contributed by atoms with Crippen molar-refractivity contribution >= 4 is 23.4 Å². The van der Waals surface area contributed by atoms with Crippen LogP contribution in [0.5, 0.6) is 0 Å². The van der Waals surface area contributed by atoms with Gasteiger partial charge in [-0.1, -0.05) is 30.3 Å². The number of hydrogen-bond donors (Lipinski definition) is 0. The average Bonchev–Trinajstić information content (AvgIpc) is 3.24. The Morgan fingerprint density at radius 1 is 1.17 bits per heavy atom. The monoisotopic (exact) mass is 409 g/mol. The summed E-state index contributed by atoms with van der Waals surface area (Å²) in [7, 11) is 0. The smallest absolute Gasteiger partial charge is 0.341 e. The van der Waals surface area contributed by atoms with Crippen LogP contribution in [-0.4, -0.2) is 43.0 Å². The molecule has 30 heavy (non-hydrogen) atoms. The fraction of sp³-hybridized carbons (Fsp3) is 0.348. The summed E-state index contributed by atoms with van der Waals surface area (Å²) in [6.07, 6.45) is 3.53. The molecule has 0 unspecified atom stereocenters. The Balaban J connectivity index is 1.79. The first-order valence-electron chi connectivity index (χ1n) is 10.2. The predicted octanol–water partition coefficient (Wildman–Crippen LogP) is 3.51. The van der Waals surface area contributed by atoms with Gasteiger partial charge in [0.2, 0.25) is 5.78 Å². The number of hydrogen-bond acceptors (Lipinski definition) is 6. The van der Waals surface area contributed by atoms with E-state index < -0.39 is 17.6 Å². The molecule has 1 aromatic carbocycles. The second-order valence-electron chi connectivity index (χ2n) is 7.39. The molecule has 2 aliphatic rings. The number of Topliss-reactive ketones (excluding diaryl/α,β-unsaturated/α-hetero) is 1. The fourth-order valence-corrected chi connectivity index (χ4v) is 3.88.